The Balaban J connectivity index is 2.76. The molecule has 1 unspecified atom stereocenters. The normalized spacial score (nSPS) is 12.6. The van der Waals surface area contributed by atoms with Crippen LogP contribution in [0.15, 0.2) is 24.3 Å². The summed E-state index contributed by atoms with van der Waals surface area (Å²) in [6.45, 7) is 6.89. The van der Waals surface area contributed by atoms with Gasteiger partial charge in [-0.3, -0.25) is 0 Å². The molecule has 0 saturated carbocycles. The lowest BCUT2D eigenvalue weighted by Gasteiger charge is -2.20. The molecule has 0 aromatic heterocycles. The van der Waals surface area contributed by atoms with Crippen molar-refractivity contribution in [3.63, 3.8) is 0 Å². The molecule has 1 rings (SSSR count). The highest BCUT2D eigenvalue weighted by molar-refractivity contribution is 5.30. The van der Waals surface area contributed by atoms with Gasteiger partial charge in [-0.25, -0.2) is 0 Å². The Bertz CT molecular complexity index is 314. The molecule has 1 aromatic carbocycles. The van der Waals surface area contributed by atoms with Gasteiger partial charge in [0, 0.05) is 0 Å². The molecule has 0 heterocycles. The number of unbranched alkanes of at least 4 members (excludes halogenated alkanes) is 2. The molecule has 18 heavy (non-hydrogen) atoms. The van der Waals surface area contributed by atoms with Crippen LogP contribution >= 0.6 is 0 Å². The molecule has 1 atom stereocenters. The Hall–Kier alpha value is -0.780. The van der Waals surface area contributed by atoms with Crippen LogP contribution in [0.1, 0.15) is 82.8 Å². The molecule has 0 N–H and O–H groups in total. The van der Waals surface area contributed by atoms with Crippen molar-refractivity contribution in [3.8, 4) is 0 Å². The van der Waals surface area contributed by atoms with Crippen LogP contribution in [0.2, 0.25) is 0 Å². The van der Waals surface area contributed by atoms with Gasteiger partial charge in [0.25, 0.3) is 0 Å². The quantitative estimate of drug-likeness (QED) is 0.462. The van der Waals surface area contributed by atoms with E-state index < -0.39 is 0 Å². The zero-order chi connectivity index (χ0) is 13.2. The molecule has 0 aliphatic carbocycles. The summed E-state index contributed by atoms with van der Waals surface area (Å²) < 4.78 is 0. The van der Waals surface area contributed by atoms with Gasteiger partial charge in [-0.1, -0.05) is 77.1 Å². The minimum absolute atomic E-state index is 0.796. The first kappa shape index (κ1) is 15.3. The fourth-order valence-corrected chi connectivity index (χ4v) is 2.87. The highest BCUT2D eigenvalue weighted by Gasteiger charge is 2.13. The van der Waals surface area contributed by atoms with Crippen molar-refractivity contribution in [1.82, 2.24) is 0 Å². The maximum atomic E-state index is 2.37. The van der Waals surface area contributed by atoms with E-state index >= 15 is 0 Å². The number of benzene rings is 1. The van der Waals surface area contributed by atoms with Gasteiger partial charge in [0.15, 0.2) is 0 Å². The summed E-state index contributed by atoms with van der Waals surface area (Å²) in [4.78, 5) is 0. The van der Waals surface area contributed by atoms with Gasteiger partial charge < -0.3 is 0 Å². The molecule has 0 saturated heterocycles. The van der Waals surface area contributed by atoms with Gasteiger partial charge in [0.2, 0.25) is 0 Å². The second kappa shape index (κ2) is 9.19. The SMILES string of the molecule is CCCCCC(CCC)c1ccccc1CCC. The van der Waals surface area contributed by atoms with Crippen molar-refractivity contribution in [2.45, 2.75) is 78.1 Å². The molecule has 0 aliphatic heterocycles. The van der Waals surface area contributed by atoms with Crippen molar-refractivity contribution in [3.05, 3.63) is 35.4 Å². The number of hydrogen-bond acceptors (Lipinski definition) is 0. The average molecular weight is 246 g/mol. The second-order valence-electron chi connectivity index (χ2n) is 5.43. The summed E-state index contributed by atoms with van der Waals surface area (Å²) in [6.07, 6.45) is 10.6. The largest absolute Gasteiger partial charge is 0.0654 e. The van der Waals surface area contributed by atoms with Crippen molar-refractivity contribution < 1.29 is 0 Å². The maximum Gasteiger partial charge on any atom is -0.0159 e. The predicted molar refractivity (Wildman–Crippen MR) is 82.2 cm³/mol. The Kier molecular flexibility index (Phi) is 7.80. The fraction of sp³-hybridized carbons (Fsp3) is 0.667. The molecule has 0 bridgehead atoms. The van der Waals surface area contributed by atoms with Crippen LogP contribution in [0, 0.1) is 0 Å². The summed E-state index contributed by atoms with van der Waals surface area (Å²) in [5.41, 5.74) is 3.23. The topological polar surface area (TPSA) is 0 Å². The van der Waals surface area contributed by atoms with Gasteiger partial charge in [-0.05, 0) is 36.3 Å². The van der Waals surface area contributed by atoms with E-state index in [0.717, 1.165) is 5.92 Å². The van der Waals surface area contributed by atoms with E-state index in [1.54, 1.807) is 11.1 Å². The zero-order valence-electron chi connectivity index (χ0n) is 12.5. The van der Waals surface area contributed by atoms with Crippen LogP contribution in [-0.2, 0) is 6.42 Å². The lowest BCUT2D eigenvalue weighted by atomic mass is 9.85. The van der Waals surface area contributed by atoms with Crippen molar-refractivity contribution in [2.75, 3.05) is 0 Å². The summed E-state index contributed by atoms with van der Waals surface area (Å²) in [6, 6.07) is 9.12. The summed E-state index contributed by atoms with van der Waals surface area (Å²) in [5, 5.41) is 0. The first-order valence-corrected chi connectivity index (χ1v) is 7.91. The van der Waals surface area contributed by atoms with E-state index in [9.17, 15) is 0 Å². The molecule has 0 amide bonds. The van der Waals surface area contributed by atoms with E-state index in [1.807, 2.05) is 0 Å². The van der Waals surface area contributed by atoms with Crippen LogP contribution < -0.4 is 0 Å². The van der Waals surface area contributed by atoms with Crippen LogP contribution in [0.3, 0.4) is 0 Å². The number of aryl methyl sites for hydroxylation is 1. The zero-order valence-corrected chi connectivity index (χ0v) is 12.5. The predicted octanol–water partition coefficient (Wildman–Crippen LogP) is 6.10. The Morgan fingerprint density at radius 2 is 1.61 bits per heavy atom. The first-order valence-electron chi connectivity index (χ1n) is 7.91. The Morgan fingerprint density at radius 3 is 2.28 bits per heavy atom. The highest BCUT2D eigenvalue weighted by atomic mass is 14.2. The molecule has 0 nitrogen and oxygen atoms in total. The molecule has 102 valence electrons. The first-order chi connectivity index (χ1) is 8.83. The van der Waals surface area contributed by atoms with Gasteiger partial charge >= 0.3 is 0 Å². The van der Waals surface area contributed by atoms with Crippen molar-refractivity contribution in [2.24, 2.45) is 0 Å². The molecule has 0 aliphatic rings. The molecular weight excluding hydrogens is 216 g/mol. The van der Waals surface area contributed by atoms with Crippen LogP contribution in [0.4, 0.5) is 0 Å². The maximum absolute atomic E-state index is 2.37. The lowest BCUT2D eigenvalue weighted by molar-refractivity contribution is 0.525. The van der Waals surface area contributed by atoms with Gasteiger partial charge in [-0.15, -0.1) is 0 Å². The van der Waals surface area contributed by atoms with Gasteiger partial charge in [0.1, 0.15) is 0 Å². The van der Waals surface area contributed by atoms with E-state index in [2.05, 4.69) is 45.0 Å². The summed E-state index contributed by atoms with van der Waals surface area (Å²) >= 11 is 0. The van der Waals surface area contributed by atoms with E-state index in [1.165, 1.54) is 51.4 Å². The molecule has 0 radical (unpaired) electrons. The Labute approximate surface area is 114 Å². The van der Waals surface area contributed by atoms with Crippen LogP contribution in [0.25, 0.3) is 0 Å². The minimum atomic E-state index is 0.796. The van der Waals surface area contributed by atoms with Crippen molar-refractivity contribution >= 4 is 0 Å². The third kappa shape index (κ3) is 4.84. The minimum Gasteiger partial charge on any atom is -0.0654 e. The lowest BCUT2D eigenvalue weighted by Crippen LogP contribution is -2.03. The van der Waals surface area contributed by atoms with E-state index in [0.29, 0.717) is 0 Å². The van der Waals surface area contributed by atoms with E-state index in [-0.39, 0.29) is 0 Å². The smallest absolute Gasteiger partial charge is 0.0159 e. The molecule has 0 fully saturated rings. The van der Waals surface area contributed by atoms with Gasteiger partial charge in [-0.2, -0.15) is 0 Å². The molecular formula is C18H30. The number of rotatable bonds is 9. The van der Waals surface area contributed by atoms with Crippen molar-refractivity contribution in [1.29, 1.82) is 0 Å². The average Bonchev–Trinajstić information content (AvgIpc) is 2.39. The summed E-state index contributed by atoms with van der Waals surface area (Å²) in [7, 11) is 0. The van der Waals surface area contributed by atoms with E-state index in [4.69, 9.17) is 0 Å². The van der Waals surface area contributed by atoms with Gasteiger partial charge in [0.05, 0.1) is 0 Å². The van der Waals surface area contributed by atoms with Crippen LogP contribution in [-0.4, -0.2) is 0 Å². The second-order valence-corrected chi connectivity index (χ2v) is 5.43. The third-order valence-corrected chi connectivity index (χ3v) is 3.81. The molecule has 1 aromatic rings. The third-order valence-electron chi connectivity index (χ3n) is 3.81. The Morgan fingerprint density at radius 1 is 0.833 bits per heavy atom. The monoisotopic (exact) mass is 246 g/mol. The molecule has 0 spiro atoms. The highest BCUT2D eigenvalue weighted by Crippen LogP contribution is 2.30. The molecule has 0 heteroatoms. The fourth-order valence-electron chi connectivity index (χ4n) is 2.87. The standard InChI is InChI=1S/C18H30/c1-4-7-8-13-16(11-5-2)18-15-10-9-14-17(18)12-6-3/h9-10,14-16H,4-8,11-13H2,1-3H3. The number of hydrogen-bond donors (Lipinski definition) is 0. The summed E-state index contributed by atoms with van der Waals surface area (Å²) in [5.74, 6) is 0.796. The van der Waals surface area contributed by atoms with Crippen LogP contribution in [0.5, 0.6) is 0 Å².